The summed E-state index contributed by atoms with van der Waals surface area (Å²) in [5, 5.41) is 13.2. The molecule has 0 fully saturated rings. The van der Waals surface area contributed by atoms with Gasteiger partial charge in [-0.15, -0.1) is 0 Å². The number of aromatic nitrogens is 1. The molecule has 2 aromatic rings. The molecule has 1 heterocycles. The van der Waals surface area contributed by atoms with Gasteiger partial charge in [0, 0.05) is 5.56 Å². The molecule has 0 bridgehead atoms. The molecule has 94 valence electrons. The standard InChI is InChI=1S/C14H15NO3/c1-7-5-6-11(8(2)12(7)14(16)17)13-9(3)15-18-10(13)4/h5-6H,1-4H3,(H,16,17). The van der Waals surface area contributed by atoms with Crippen LogP contribution in [0, 0.1) is 27.7 Å². The minimum atomic E-state index is -0.904. The van der Waals surface area contributed by atoms with Crippen molar-refractivity contribution in [2.75, 3.05) is 0 Å². The van der Waals surface area contributed by atoms with Crippen LogP contribution in [0.25, 0.3) is 11.1 Å². The Labute approximate surface area is 105 Å². The average Bonchev–Trinajstić information content (AvgIpc) is 2.59. The van der Waals surface area contributed by atoms with Crippen LogP contribution in [0.1, 0.15) is 32.9 Å². The Morgan fingerprint density at radius 3 is 2.39 bits per heavy atom. The maximum absolute atomic E-state index is 11.3. The minimum Gasteiger partial charge on any atom is -0.478 e. The van der Waals surface area contributed by atoms with E-state index in [-0.39, 0.29) is 0 Å². The fourth-order valence-electron chi connectivity index (χ4n) is 2.31. The van der Waals surface area contributed by atoms with Crippen LogP contribution in [0.2, 0.25) is 0 Å². The fraction of sp³-hybridized carbons (Fsp3) is 0.286. The van der Waals surface area contributed by atoms with Crippen molar-refractivity contribution >= 4 is 5.97 Å². The van der Waals surface area contributed by atoms with Crippen LogP contribution in [0.5, 0.6) is 0 Å². The summed E-state index contributed by atoms with van der Waals surface area (Å²) in [7, 11) is 0. The Hall–Kier alpha value is -2.10. The Bertz CT molecular complexity index is 607. The molecule has 0 unspecified atom stereocenters. The molecule has 4 heteroatoms. The number of aromatic carboxylic acids is 1. The number of carboxylic acid groups (broad SMARTS) is 1. The van der Waals surface area contributed by atoms with Gasteiger partial charge in [0.15, 0.2) is 0 Å². The summed E-state index contributed by atoms with van der Waals surface area (Å²) in [6.45, 7) is 7.30. The highest BCUT2D eigenvalue weighted by atomic mass is 16.5. The number of nitrogens with zero attached hydrogens (tertiary/aromatic N) is 1. The van der Waals surface area contributed by atoms with Crippen molar-refractivity contribution in [2.24, 2.45) is 0 Å². The van der Waals surface area contributed by atoms with Gasteiger partial charge in [-0.3, -0.25) is 0 Å². The van der Waals surface area contributed by atoms with E-state index in [2.05, 4.69) is 5.16 Å². The lowest BCUT2D eigenvalue weighted by Gasteiger charge is -2.11. The summed E-state index contributed by atoms with van der Waals surface area (Å²) < 4.78 is 5.14. The number of hydrogen-bond donors (Lipinski definition) is 1. The van der Waals surface area contributed by atoms with Gasteiger partial charge in [-0.2, -0.15) is 0 Å². The van der Waals surface area contributed by atoms with E-state index in [1.807, 2.05) is 32.9 Å². The first-order valence-electron chi connectivity index (χ1n) is 5.70. The van der Waals surface area contributed by atoms with E-state index in [1.165, 1.54) is 0 Å². The lowest BCUT2D eigenvalue weighted by molar-refractivity contribution is 0.0695. The molecule has 4 nitrogen and oxygen atoms in total. The van der Waals surface area contributed by atoms with Crippen molar-refractivity contribution < 1.29 is 14.4 Å². The number of carbonyl (C=O) groups is 1. The van der Waals surface area contributed by atoms with E-state index >= 15 is 0 Å². The third-order valence-corrected chi connectivity index (χ3v) is 3.19. The van der Waals surface area contributed by atoms with E-state index in [4.69, 9.17) is 4.52 Å². The number of benzene rings is 1. The lowest BCUT2D eigenvalue weighted by Crippen LogP contribution is -2.04. The van der Waals surface area contributed by atoms with Gasteiger partial charge in [0.2, 0.25) is 0 Å². The molecule has 0 saturated heterocycles. The van der Waals surface area contributed by atoms with Gasteiger partial charge in [0.1, 0.15) is 5.76 Å². The number of carboxylic acids is 1. The molecule has 0 radical (unpaired) electrons. The van der Waals surface area contributed by atoms with Gasteiger partial charge in [0.25, 0.3) is 0 Å². The van der Waals surface area contributed by atoms with Gasteiger partial charge < -0.3 is 9.63 Å². The van der Waals surface area contributed by atoms with E-state index in [1.54, 1.807) is 6.92 Å². The van der Waals surface area contributed by atoms with Crippen LogP contribution >= 0.6 is 0 Å². The predicted molar refractivity (Wildman–Crippen MR) is 67.8 cm³/mol. The Morgan fingerprint density at radius 1 is 1.22 bits per heavy atom. The second-order valence-corrected chi connectivity index (χ2v) is 4.43. The molecule has 2 rings (SSSR count). The van der Waals surface area contributed by atoms with Crippen molar-refractivity contribution in [3.8, 4) is 11.1 Å². The van der Waals surface area contributed by atoms with Crippen molar-refractivity contribution in [2.45, 2.75) is 27.7 Å². The highest BCUT2D eigenvalue weighted by Gasteiger charge is 2.19. The zero-order chi connectivity index (χ0) is 13.4. The van der Waals surface area contributed by atoms with Crippen LogP contribution in [0.15, 0.2) is 16.7 Å². The van der Waals surface area contributed by atoms with Crippen LogP contribution in [0.3, 0.4) is 0 Å². The van der Waals surface area contributed by atoms with Crippen LogP contribution in [-0.2, 0) is 0 Å². The molecule has 0 aliphatic carbocycles. The Kier molecular flexibility index (Phi) is 2.95. The molecule has 1 aromatic carbocycles. The van der Waals surface area contributed by atoms with E-state index in [0.717, 1.165) is 27.9 Å². The third kappa shape index (κ3) is 1.79. The lowest BCUT2D eigenvalue weighted by atomic mass is 9.92. The van der Waals surface area contributed by atoms with Crippen molar-refractivity contribution in [3.63, 3.8) is 0 Å². The monoisotopic (exact) mass is 245 g/mol. The van der Waals surface area contributed by atoms with Gasteiger partial charge >= 0.3 is 5.97 Å². The van der Waals surface area contributed by atoms with Crippen LogP contribution < -0.4 is 0 Å². The van der Waals surface area contributed by atoms with Gasteiger partial charge in [-0.25, -0.2) is 4.79 Å². The molecular formula is C14H15NO3. The van der Waals surface area contributed by atoms with Crippen molar-refractivity contribution in [1.82, 2.24) is 5.16 Å². The van der Waals surface area contributed by atoms with Gasteiger partial charge in [-0.1, -0.05) is 17.3 Å². The second kappa shape index (κ2) is 4.29. The number of rotatable bonds is 2. The molecule has 0 amide bonds. The first-order valence-corrected chi connectivity index (χ1v) is 5.70. The Balaban J connectivity index is 2.75. The molecule has 0 atom stereocenters. The summed E-state index contributed by atoms with van der Waals surface area (Å²) >= 11 is 0. The van der Waals surface area contributed by atoms with E-state index in [9.17, 15) is 9.90 Å². The fourth-order valence-corrected chi connectivity index (χ4v) is 2.31. The van der Waals surface area contributed by atoms with Crippen LogP contribution in [-0.4, -0.2) is 16.2 Å². The maximum Gasteiger partial charge on any atom is 0.336 e. The number of hydrogen-bond acceptors (Lipinski definition) is 3. The summed E-state index contributed by atoms with van der Waals surface area (Å²) in [5.74, 6) is -0.200. The van der Waals surface area contributed by atoms with Crippen LogP contribution in [0.4, 0.5) is 0 Å². The summed E-state index contributed by atoms with van der Waals surface area (Å²) in [6, 6.07) is 3.74. The zero-order valence-electron chi connectivity index (χ0n) is 10.9. The smallest absolute Gasteiger partial charge is 0.336 e. The highest BCUT2D eigenvalue weighted by molar-refractivity contribution is 5.94. The first kappa shape index (κ1) is 12.4. The molecule has 1 N–H and O–H groups in total. The largest absolute Gasteiger partial charge is 0.478 e. The highest BCUT2D eigenvalue weighted by Crippen LogP contribution is 2.32. The average molecular weight is 245 g/mol. The second-order valence-electron chi connectivity index (χ2n) is 4.43. The normalized spacial score (nSPS) is 10.7. The zero-order valence-corrected chi connectivity index (χ0v) is 10.9. The summed E-state index contributed by atoms with van der Waals surface area (Å²) in [5.41, 5.74) is 4.39. The SMILES string of the molecule is Cc1ccc(-c2c(C)noc2C)c(C)c1C(=O)O. The van der Waals surface area contributed by atoms with Gasteiger partial charge in [-0.05, 0) is 44.4 Å². The van der Waals surface area contributed by atoms with E-state index < -0.39 is 5.97 Å². The topological polar surface area (TPSA) is 63.3 Å². The first-order chi connectivity index (χ1) is 8.43. The minimum absolute atomic E-state index is 0.354. The quantitative estimate of drug-likeness (QED) is 0.881. The maximum atomic E-state index is 11.3. The molecule has 0 aliphatic heterocycles. The van der Waals surface area contributed by atoms with Crippen molar-refractivity contribution in [3.05, 3.63) is 40.3 Å². The molecule has 0 spiro atoms. The number of aryl methyl sites for hydroxylation is 3. The molecule has 0 aliphatic rings. The third-order valence-electron chi connectivity index (χ3n) is 3.19. The molecule has 1 aromatic heterocycles. The molecule has 18 heavy (non-hydrogen) atoms. The Morgan fingerprint density at radius 2 is 1.89 bits per heavy atom. The summed E-state index contributed by atoms with van der Waals surface area (Å²) in [6.07, 6.45) is 0. The van der Waals surface area contributed by atoms with Gasteiger partial charge in [0.05, 0.1) is 11.3 Å². The summed E-state index contributed by atoms with van der Waals surface area (Å²) in [4.78, 5) is 11.3. The van der Waals surface area contributed by atoms with E-state index in [0.29, 0.717) is 11.3 Å². The van der Waals surface area contributed by atoms with Crippen molar-refractivity contribution in [1.29, 1.82) is 0 Å². The predicted octanol–water partition coefficient (Wildman–Crippen LogP) is 3.27. The molecular weight excluding hydrogens is 230 g/mol. The molecule has 0 saturated carbocycles.